The van der Waals surface area contributed by atoms with Crippen LogP contribution >= 0.6 is 0 Å². The summed E-state index contributed by atoms with van der Waals surface area (Å²) >= 11 is 0. The highest BCUT2D eigenvalue weighted by Gasteiger charge is 2.11. The number of benzene rings is 1. The molecule has 0 aromatic heterocycles. The van der Waals surface area contributed by atoms with Gasteiger partial charge in [-0.3, -0.25) is 4.79 Å². The van der Waals surface area contributed by atoms with Crippen LogP contribution in [0, 0.1) is 6.92 Å². The van der Waals surface area contributed by atoms with Gasteiger partial charge in [-0.1, -0.05) is 23.8 Å². The summed E-state index contributed by atoms with van der Waals surface area (Å²) in [6.45, 7) is 3.15. The molecule has 1 aromatic carbocycles. The van der Waals surface area contributed by atoms with Gasteiger partial charge in [0.2, 0.25) is 0 Å². The Bertz CT molecular complexity index is 398. The van der Waals surface area contributed by atoms with E-state index in [4.69, 9.17) is 0 Å². The summed E-state index contributed by atoms with van der Waals surface area (Å²) in [5.41, 5.74) is 1.91. The van der Waals surface area contributed by atoms with Gasteiger partial charge in [-0.2, -0.15) is 0 Å². The second-order valence-electron chi connectivity index (χ2n) is 3.72. The number of nitrogens with zero attached hydrogens (tertiary/aromatic N) is 1. The summed E-state index contributed by atoms with van der Waals surface area (Å²) in [5, 5.41) is 3.03. The lowest BCUT2D eigenvalue weighted by molar-refractivity contribution is 0.0957. The van der Waals surface area contributed by atoms with Crippen LogP contribution < -0.4 is 5.32 Å². The molecule has 0 atom stereocenters. The number of hydrogen-bond acceptors (Lipinski definition) is 3. The molecule has 1 N–H and O–H groups in total. The van der Waals surface area contributed by atoms with Crippen LogP contribution in [0.5, 0.6) is 0 Å². The van der Waals surface area contributed by atoms with Crippen molar-refractivity contribution >= 4 is 5.78 Å². The van der Waals surface area contributed by atoms with Gasteiger partial charge in [0.05, 0.1) is 13.2 Å². The molecule has 0 saturated carbocycles. The average molecular weight is 202 g/mol. The molecule has 0 amide bonds. The summed E-state index contributed by atoms with van der Waals surface area (Å²) in [7, 11) is 0. The van der Waals surface area contributed by atoms with E-state index in [0.717, 1.165) is 17.8 Å². The maximum Gasteiger partial charge on any atom is 0.182 e. The van der Waals surface area contributed by atoms with E-state index in [1.807, 2.05) is 48.5 Å². The largest absolute Gasteiger partial charge is 0.373 e. The van der Waals surface area contributed by atoms with Crippen molar-refractivity contribution in [3.05, 3.63) is 47.8 Å². The maximum absolute atomic E-state index is 11.8. The van der Waals surface area contributed by atoms with Crippen molar-refractivity contribution in [2.45, 2.75) is 6.92 Å². The third-order valence-corrected chi connectivity index (χ3v) is 2.38. The molecule has 0 fully saturated rings. The average Bonchev–Trinajstić information content (AvgIpc) is 2.70. The van der Waals surface area contributed by atoms with Gasteiger partial charge < -0.3 is 10.2 Å². The summed E-state index contributed by atoms with van der Waals surface area (Å²) in [6.07, 6.45) is 3.75. The summed E-state index contributed by atoms with van der Waals surface area (Å²) in [5.74, 6) is 0.159. The number of nitrogens with one attached hydrogen (secondary N) is 1. The number of Topliss-reactive ketones (excluding diaryl/α,β-unsaturated/α-hetero) is 1. The lowest BCUT2D eigenvalue weighted by Crippen LogP contribution is -2.27. The molecule has 1 aliphatic rings. The smallest absolute Gasteiger partial charge is 0.182 e. The Balaban J connectivity index is 2.04. The molecule has 0 spiro atoms. The fourth-order valence-electron chi connectivity index (χ4n) is 1.58. The Kier molecular flexibility index (Phi) is 2.72. The Hall–Kier alpha value is -1.77. The first-order chi connectivity index (χ1) is 7.25. The molecule has 0 aliphatic carbocycles. The predicted molar refractivity (Wildman–Crippen MR) is 59.4 cm³/mol. The standard InChI is InChI=1S/C12H14N2O/c1-10-3-2-4-11(7-10)12(15)8-14-6-5-13-9-14/h2-7,13H,8-9H2,1H3. The minimum absolute atomic E-state index is 0.159. The molecular formula is C12H14N2O. The van der Waals surface area contributed by atoms with E-state index >= 15 is 0 Å². The molecule has 0 saturated heterocycles. The van der Waals surface area contributed by atoms with Gasteiger partial charge in [-0.25, -0.2) is 0 Å². The number of rotatable bonds is 3. The van der Waals surface area contributed by atoms with Crippen molar-refractivity contribution in [1.29, 1.82) is 0 Å². The van der Waals surface area contributed by atoms with E-state index in [9.17, 15) is 4.79 Å². The minimum Gasteiger partial charge on any atom is -0.373 e. The van der Waals surface area contributed by atoms with Crippen LogP contribution in [-0.2, 0) is 0 Å². The number of hydrogen-bond donors (Lipinski definition) is 1. The molecule has 1 aromatic rings. The van der Waals surface area contributed by atoms with E-state index in [1.54, 1.807) is 0 Å². The Morgan fingerprint density at radius 2 is 2.40 bits per heavy atom. The predicted octanol–water partition coefficient (Wildman–Crippen LogP) is 1.51. The zero-order chi connectivity index (χ0) is 10.7. The fraction of sp³-hybridized carbons (Fsp3) is 0.250. The number of ketones is 1. The Morgan fingerprint density at radius 3 is 3.07 bits per heavy atom. The van der Waals surface area contributed by atoms with E-state index < -0.39 is 0 Å². The van der Waals surface area contributed by atoms with Gasteiger partial charge in [0.1, 0.15) is 0 Å². The van der Waals surface area contributed by atoms with Crippen molar-refractivity contribution in [2.24, 2.45) is 0 Å². The zero-order valence-corrected chi connectivity index (χ0v) is 8.73. The van der Waals surface area contributed by atoms with Gasteiger partial charge in [-0.05, 0) is 13.0 Å². The number of carbonyl (C=O) groups excluding carboxylic acids is 1. The molecule has 2 rings (SSSR count). The summed E-state index contributed by atoms with van der Waals surface area (Å²) in [6, 6.07) is 7.70. The van der Waals surface area contributed by atoms with Crippen LogP contribution in [-0.4, -0.2) is 23.9 Å². The van der Waals surface area contributed by atoms with Gasteiger partial charge in [0.15, 0.2) is 5.78 Å². The fourth-order valence-corrected chi connectivity index (χ4v) is 1.58. The number of carbonyl (C=O) groups is 1. The molecule has 3 nitrogen and oxygen atoms in total. The molecule has 1 aliphatic heterocycles. The third-order valence-electron chi connectivity index (χ3n) is 2.38. The normalized spacial score (nSPS) is 14.1. The van der Waals surface area contributed by atoms with Crippen LogP contribution in [0.2, 0.25) is 0 Å². The summed E-state index contributed by atoms with van der Waals surface area (Å²) < 4.78 is 0. The van der Waals surface area contributed by atoms with Crippen molar-refractivity contribution < 1.29 is 4.79 Å². The topological polar surface area (TPSA) is 32.3 Å². The first-order valence-electron chi connectivity index (χ1n) is 5.00. The Morgan fingerprint density at radius 1 is 1.53 bits per heavy atom. The first-order valence-corrected chi connectivity index (χ1v) is 5.00. The quantitative estimate of drug-likeness (QED) is 0.754. The maximum atomic E-state index is 11.8. The lowest BCUT2D eigenvalue weighted by Gasteiger charge is -2.13. The van der Waals surface area contributed by atoms with Crippen LogP contribution in [0.25, 0.3) is 0 Å². The molecule has 0 unspecified atom stereocenters. The zero-order valence-electron chi connectivity index (χ0n) is 8.73. The molecule has 0 bridgehead atoms. The molecule has 3 heteroatoms. The van der Waals surface area contributed by atoms with E-state index in [-0.39, 0.29) is 5.78 Å². The second kappa shape index (κ2) is 4.17. The van der Waals surface area contributed by atoms with E-state index in [0.29, 0.717) is 6.54 Å². The highest BCUT2D eigenvalue weighted by Crippen LogP contribution is 2.06. The van der Waals surface area contributed by atoms with Crippen molar-refractivity contribution in [3.8, 4) is 0 Å². The molecule has 78 valence electrons. The van der Waals surface area contributed by atoms with Crippen molar-refractivity contribution in [2.75, 3.05) is 13.2 Å². The van der Waals surface area contributed by atoms with Gasteiger partial charge in [0.25, 0.3) is 0 Å². The number of aryl methyl sites for hydroxylation is 1. The molecule has 15 heavy (non-hydrogen) atoms. The SMILES string of the molecule is Cc1cccc(C(=O)CN2C=CNC2)c1. The van der Waals surface area contributed by atoms with Gasteiger partial charge in [0, 0.05) is 18.0 Å². The molecule has 0 radical (unpaired) electrons. The van der Waals surface area contributed by atoms with E-state index in [1.165, 1.54) is 0 Å². The van der Waals surface area contributed by atoms with Crippen molar-refractivity contribution in [3.63, 3.8) is 0 Å². The minimum atomic E-state index is 0.159. The van der Waals surface area contributed by atoms with Crippen LogP contribution in [0.4, 0.5) is 0 Å². The van der Waals surface area contributed by atoms with Crippen LogP contribution in [0.3, 0.4) is 0 Å². The highest BCUT2D eigenvalue weighted by atomic mass is 16.1. The van der Waals surface area contributed by atoms with E-state index in [2.05, 4.69) is 5.32 Å². The molecular weight excluding hydrogens is 188 g/mol. The van der Waals surface area contributed by atoms with Crippen molar-refractivity contribution in [1.82, 2.24) is 10.2 Å². The lowest BCUT2D eigenvalue weighted by atomic mass is 10.1. The highest BCUT2D eigenvalue weighted by molar-refractivity contribution is 5.97. The monoisotopic (exact) mass is 202 g/mol. The second-order valence-corrected chi connectivity index (χ2v) is 3.72. The molecule has 1 heterocycles. The third kappa shape index (κ3) is 2.37. The summed E-state index contributed by atoms with van der Waals surface area (Å²) in [4.78, 5) is 13.8. The van der Waals surface area contributed by atoms with Crippen LogP contribution in [0.1, 0.15) is 15.9 Å². The van der Waals surface area contributed by atoms with Crippen LogP contribution in [0.15, 0.2) is 36.7 Å². The van der Waals surface area contributed by atoms with Gasteiger partial charge >= 0.3 is 0 Å². The first kappa shape index (κ1) is 9.77. The Labute approximate surface area is 89.4 Å². The van der Waals surface area contributed by atoms with Gasteiger partial charge in [-0.15, -0.1) is 0 Å².